The summed E-state index contributed by atoms with van der Waals surface area (Å²) in [6, 6.07) is 21.0. The average Bonchev–Trinajstić information content (AvgIpc) is 3.07. The smallest absolute Gasteiger partial charge is 0.229 e. The summed E-state index contributed by atoms with van der Waals surface area (Å²) in [4.78, 5) is 19.8. The van der Waals surface area contributed by atoms with Crippen LogP contribution in [0.5, 0.6) is 5.75 Å². The molecule has 4 heterocycles. The molecular formula is C35H44N6O4. The van der Waals surface area contributed by atoms with E-state index in [1.165, 1.54) is 5.56 Å². The highest BCUT2D eigenvalue weighted by atomic mass is 16.5. The van der Waals surface area contributed by atoms with Gasteiger partial charge in [0.25, 0.3) is 0 Å². The molecule has 45 heavy (non-hydrogen) atoms. The molecule has 238 valence electrons. The van der Waals surface area contributed by atoms with Gasteiger partial charge in [-0.15, -0.1) is 0 Å². The Morgan fingerprint density at radius 1 is 0.911 bits per heavy atom. The lowest BCUT2D eigenvalue weighted by molar-refractivity contribution is -0.00570. The van der Waals surface area contributed by atoms with Crippen LogP contribution < -0.4 is 19.9 Å². The molecule has 0 spiro atoms. The van der Waals surface area contributed by atoms with Gasteiger partial charge >= 0.3 is 0 Å². The molecule has 2 aromatic carbocycles. The summed E-state index contributed by atoms with van der Waals surface area (Å²) in [6.07, 6.45) is 1.07. The van der Waals surface area contributed by atoms with Crippen LogP contribution in [0.2, 0.25) is 0 Å². The summed E-state index contributed by atoms with van der Waals surface area (Å²) in [7, 11) is 3.45. The molecule has 2 aliphatic rings. The van der Waals surface area contributed by atoms with Crippen molar-refractivity contribution in [3.05, 3.63) is 71.8 Å². The molecule has 1 N–H and O–H groups in total. The van der Waals surface area contributed by atoms with Crippen LogP contribution in [0.4, 0.5) is 11.8 Å². The third kappa shape index (κ3) is 7.53. The first-order valence-electron chi connectivity index (χ1n) is 15.9. The molecule has 0 amide bonds. The van der Waals surface area contributed by atoms with E-state index in [0.29, 0.717) is 38.0 Å². The van der Waals surface area contributed by atoms with Crippen molar-refractivity contribution < 1.29 is 18.9 Å². The van der Waals surface area contributed by atoms with Gasteiger partial charge in [-0.2, -0.15) is 9.97 Å². The minimum atomic E-state index is 0.0988. The van der Waals surface area contributed by atoms with Crippen molar-refractivity contribution >= 4 is 22.8 Å². The fourth-order valence-electron chi connectivity index (χ4n) is 6.26. The van der Waals surface area contributed by atoms with Gasteiger partial charge in [-0.3, -0.25) is 0 Å². The molecule has 4 aromatic rings. The molecule has 2 aromatic heterocycles. The molecule has 10 nitrogen and oxygen atoms in total. The van der Waals surface area contributed by atoms with Crippen LogP contribution in [-0.2, 0) is 27.2 Å². The minimum absolute atomic E-state index is 0.0988. The van der Waals surface area contributed by atoms with E-state index >= 15 is 0 Å². The number of rotatable bonds is 11. The van der Waals surface area contributed by atoms with Crippen LogP contribution in [0.3, 0.4) is 0 Å². The topological polar surface area (TPSA) is 94.1 Å². The van der Waals surface area contributed by atoms with Crippen molar-refractivity contribution in [2.75, 3.05) is 70.0 Å². The molecule has 0 unspecified atom stereocenters. The molecule has 3 atom stereocenters. The van der Waals surface area contributed by atoms with E-state index in [1.54, 1.807) is 14.2 Å². The first-order chi connectivity index (χ1) is 22.0. The molecule has 0 saturated carbocycles. The molecule has 6 rings (SSSR count). The van der Waals surface area contributed by atoms with Crippen molar-refractivity contribution in [2.24, 2.45) is 0 Å². The predicted octanol–water partition coefficient (Wildman–Crippen LogP) is 4.50. The molecular weight excluding hydrogens is 568 g/mol. The second-order valence-electron chi connectivity index (χ2n) is 11.9. The highest BCUT2D eigenvalue weighted by molar-refractivity contribution is 5.90. The van der Waals surface area contributed by atoms with E-state index in [0.717, 1.165) is 66.4 Å². The third-order valence-electron chi connectivity index (χ3n) is 8.39. The van der Waals surface area contributed by atoms with Gasteiger partial charge in [-0.1, -0.05) is 30.3 Å². The second kappa shape index (κ2) is 14.5. The summed E-state index contributed by atoms with van der Waals surface area (Å²) in [6.45, 7) is 9.83. The van der Waals surface area contributed by atoms with Crippen LogP contribution in [0.15, 0.2) is 60.7 Å². The Labute approximate surface area is 265 Å². The summed E-state index contributed by atoms with van der Waals surface area (Å²) in [5, 5.41) is 4.63. The molecule has 10 heteroatoms. The average molecular weight is 613 g/mol. The van der Waals surface area contributed by atoms with E-state index in [9.17, 15) is 0 Å². The first-order valence-corrected chi connectivity index (χ1v) is 15.9. The zero-order valence-electron chi connectivity index (χ0n) is 26.7. The lowest BCUT2D eigenvalue weighted by atomic mass is 10.0. The number of methoxy groups -OCH3 is 2. The molecule has 2 fully saturated rings. The molecule has 2 saturated heterocycles. The number of anilines is 2. The SMILES string of the molecule is COC[C@H](Cc1ccccc1)NCc1cc(-c2ccc3c(N4CCOCC4)nc(N4C[C@@H](C)O[C@@H](C)C4)nc3n2)ccc1OC. The Balaban J connectivity index is 1.31. The number of ether oxygens (including phenoxy) is 4. The van der Waals surface area contributed by atoms with Crippen LogP contribution in [0.1, 0.15) is 25.0 Å². The van der Waals surface area contributed by atoms with Crippen LogP contribution in [0.25, 0.3) is 22.3 Å². The third-order valence-corrected chi connectivity index (χ3v) is 8.39. The number of aromatic nitrogens is 3. The molecule has 0 bridgehead atoms. The quantitative estimate of drug-likeness (QED) is 0.261. The summed E-state index contributed by atoms with van der Waals surface area (Å²) >= 11 is 0. The summed E-state index contributed by atoms with van der Waals surface area (Å²) in [5.74, 6) is 2.43. The largest absolute Gasteiger partial charge is 0.496 e. The van der Waals surface area contributed by atoms with E-state index < -0.39 is 0 Å². The first kappa shape index (κ1) is 31.2. The van der Waals surface area contributed by atoms with Gasteiger partial charge in [0.1, 0.15) is 11.6 Å². The monoisotopic (exact) mass is 612 g/mol. The zero-order valence-corrected chi connectivity index (χ0v) is 26.7. The van der Waals surface area contributed by atoms with Crippen molar-refractivity contribution in [1.82, 2.24) is 20.3 Å². The van der Waals surface area contributed by atoms with E-state index in [1.807, 2.05) is 12.1 Å². The Hall–Kier alpha value is -3.83. The number of nitrogens with one attached hydrogen (secondary N) is 1. The fraction of sp³-hybridized carbons (Fsp3) is 0.457. The maximum atomic E-state index is 5.99. The van der Waals surface area contributed by atoms with Gasteiger partial charge in [-0.25, -0.2) is 4.98 Å². The van der Waals surface area contributed by atoms with E-state index in [2.05, 4.69) is 77.5 Å². The number of hydrogen-bond donors (Lipinski definition) is 1. The highest BCUT2D eigenvalue weighted by Gasteiger charge is 2.27. The molecule has 0 aliphatic carbocycles. The van der Waals surface area contributed by atoms with Gasteiger partial charge in [0.15, 0.2) is 5.65 Å². The van der Waals surface area contributed by atoms with Crippen molar-refractivity contribution in [3.63, 3.8) is 0 Å². The van der Waals surface area contributed by atoms with Gasteiger partial charge in [0.2, 0.25) is 5.95 Å². The normalized spacial score (nSPS) is 19.6. The lowest BCUT2D eigenvalue weighted by Gasteiger charge is -2.36. The van der Waals surface area contributed by atoms with Crippen LogP contribution >= 0.6 is 0 Å². The van der Waals surface area contributed by atoms with E-state index in [-0.39, 0.29) is 18.2 Å². The number of benzene rings is 2. The van der Waals surface area contributed by atoms with Crippen molar-refractivity contribution in [1.29, 1.82) is 0 Å². The number of fused-ring (bicyclic) bond motifs is 1. The van der Waals surface area contributed by atoms with E-state index in [4.69, 9.17) is 33.9 Å². The maximum absolute atomic E-state index is 5.99. The second-order valence-corrected chi connectivity index (χ2v) is 11.9. The number of nitrogens with zero attached hydrogens (tertiary/aromatic N) is 5. The standard InChI is InChI=1S/C35H44N6O4/c1-24-21-41(22-25(2)45-24)35-38-33-30(34(39-35)40-14-16-44-17-15-40)11-12-31(37-33)27-10-13-32(43-4)28(19-27)20-36-29(23-42-3)18-26-8-6-5-7-9-26/h5-13,19,24-25,29,36H,14-18,20-23H2,1-4H3/t24-,25+,29-/m0/s1. The number of pyridine rings is 1. The predicted molar refractivity (Wildman–Crippen MR) is 177 cm³/mol. The van der Waals surface area contributed by atoms with Crippen molar-refractivity contribution in [2.45, 2.75) is 45.1 Å². The van der Waals surface area contributed by atoms with Gasteiger partial charge < -0.3 is 34.1 Å². The summed E-state index contributed by atoms with van der Waals surface area (Å²) < 4.78 is 22.9. The zero-order chi connectivity index (χ0) is 31.2. The lowest BCUT2D eigenvalue weighted by Crippen LogP contribution is -2.46. The van der Waals surface area contributed by atoms with Gasteiger partial charge in [-0.05, 0) is 56.2 Å². The van der Waals surface area contributed by atoms with Gasteiger partial charge in [0, 0.05) is 57.0 Å². The summed E-state index contributed by atoms with van der Waals surface area (Å²) in [5.41, 5.74) is 4.86. The Kier molecular flexibility index (Phi) is 10.0. The Morgan fingerprint density at radius 3 is 2.42 bits per heavy atom. The Bertz CT molecular complexity index is 1560. The van der Waals surface area contributed by atoms with Crippen molar-refractivity contribution in [3.8, 4) is 17.0 Å². The van der Waals surface area contributed by atoms with Gasteiger partial charge in [0.05, 0.1) is 50.2 Å². The number of hydrogen-bond acceptors (Lipinski definition) is 10. The Morgan fingerprint density at radius 2 is 1.69 bits per heavy atom. The number of morpholine rings is 2. The minimum Gasteiger partial charge on any atom is -0.496 e. The highest BCUT2D eigenvalue weighted by Crippen LogP contribution is 2.31. The maximum Gasteiger partial charge on any atom is 0.229 e. The van der Waals surface area contributed by atoms with Crippen LogP contribution in [0, 0.1) is 0 Å². The van der Waals surface area contributed by atoms with Crippen LogP contribution in [-0.4, -0.2) is 93.4 Å². The molecule has 0 radical (unpaired) electrons. The fourth-order valence-corrected chi connectivity index (χ4v) is 6.26. The molecule has 2 aliphatic heterocycles.